The van der Waals surface area contributed by atoms with Crippen molar-refractivity contribution < 1.29 is 13.0 Å². The van der Waals surface area contributed by atoms with Gasteiger partial charge in [-0.05, 0) is 19.3 Å². The van der Waals surface area contributed by atoms with Crippen LogP contribution < -0.4 is 0 Å². The van der Waals surface area contributed by atoms with Gasteiger partial charge in [-0.1, -0.05) is 51.2 Å². The van der Waals surface area contributed by atoms with Crippen LogP contribution in [0.4, 0.5) is 0 Å². The second-order valence-corrected chi connectivity index (χ2v) is 5.67. The van der Waals surface area contributed by atoms with Crippen molar-refractivity contribution in [2.24, 2.45) is 0 Å². The average molecular weight is 248 g/mol. The van der Waals surface area contributed by atoms with Crippen molar-refractivity contribution in [3.05, 3.63) is 12.2 Å². The molecule has 4 heteroatoms. The van der Waals surface area contributed by atoms with E-state index in [1.807, 2.05) is 12.2 Å². The van der Waals surface area contributed by atoms with Crippen molar-refractivity contribution in [3.8, 4) is 0 Å². The first-order valence-corrected chi connectivity index (χ1v) is 7.77. The van der Waals surface area contributed by atoms with E-state index in [1.165, 1.54) is 38.5 Å². The van der Waals surface area contributed by atoms with Crippen LogP contribution in [0, 0.1) is 0 Å². The molecule has 0 bridgehead atoms. The molecule has 0 rings (SSSR count). The summed E-state index contributed by atoms with van der Waals surface area (Å²) in [6.07, 6.45) is 12.9. The minimum atomic E-state index is -3.78. The molecule has 96 valence electrons. The molecule has 0 saturated carbocycles. The molecule has 0 aliphatic heterocycles. The van der Waals surface area contributed by atoms with E-state index in [1.54, 1.807) is 0 Å². The third-order valence-corrected chi connectivity index (χ3v) is 3.19. The number of rotatable bonds is 10. The van der Waals surface area contributed by atoms with Gasteiger partial charge in [-0.15, -0.1) is 0 Å². The van der Waals surface area contributed by atoms with Crippen LogP contribution in [0.25, 0.3) is 0 Å². The van der Waals surface area contributed by atoms with E-state index >= 15 is 0 Å². The fourth-order valence-electron chi connectivity index (χ4n) is 1.50. The van der Waals surface area contributed by atoms with Gasteiger partial charge < -0.3 is 0 Å². The molecule has 0 radical (unpaired) electrons. The van der Waals surface area contributed by atoms with Gasteiger partial charge in [0.1, 0.15) is 0 Å². The SMILES string of the molecule is CCCCCCCCC=CCCS(=O)(=O)O. The predicted octanol–water partition coefficient (Wildman–Crippen LogP) is 3.57. The Morgan fingerprint density at radius 3 is 2.12 bits per heavy atom. The summed E-state index contributed by atoms with van der Waals surface area (Å²) in [7, 11) is -3.78. The lowest BCUT2D eigenvalue weighted by Crippen LogP contribution is -2.01. The molecule has 0 aliphatic rings. The van der Waals surface area contributed by atoms with Gasteiger partial charge in [0.2, 0.25) is 0 Å². The van der Waals surface area contributed by atoms with Crippen LogP contribution in [-0.2, 0) is 10.1 Å². The van der Waals surface area contributed by atoms with E-state index in [0.717, 1.165) is 6.42 Å². The highest BCUT2D eigenvalue weighted by Gasteiger charge is 2.00. The monoisotopic (exact) mass is 248 g/mol. The zero-order valence-corrected chi connectivity index (χ0v) is 11.0. The molecular formula is C12H24O3S. The Balaban J connectivity index is 3.22. The van der Waals surface area contributed by atoms with Gasteiger partial charge in [-0.2, -0.15) is 8.42 Å². The van der Waals surface area contributed by atoms with E-state index in [4.69, 9.17) is 4.55 Å². The van der Waals surface area contributed by atoms with E-state index in [9.17, 15) is 8.42 Å². The van der Waals surface area contributed by atoms with Crippen LogP contribution in [0.2, 0.25) is 0 Å². The Hall–Kier alpha value is -0.350. The van der Waals surface area contributed by atoms with E-state index in [0.29, 0.717) is 6.42 Å². The summed E-state index contributed by atoms with van der Waals surface area (Å²) in [5, 5.41) is 0. The topological polar surface area (TPSA) is 54.4 Å². The van der Waals surface area contributed by atoms with Crippen LogP contribution in [0.5, 0.6) is 0 Å². The third kappa shape index (κ3) is 13.7. The molecule has 0 aromatic heterocycles. The third-order valence-electron chi connectivity index (χ3n) is 2.43. The highest BCUT2D eigenvalue weighted by Crippen LogP contribution is 2.07. The molecule has 0 heterocycles. The van der Waals surface area contributed by atoms with Crippen LogP contribution >= 0.6 is 0 Å². The molecule has 0 fully saturated rings. The summed E-state index contributed by atoms with van der Waals surface area (Å²) < 4.78 is 29.3. The molecule has 0 unspecified atom stereocenters. The van der Waals surface area contributed by atoms with Crippen molar-refractivity contribution in [1.29, 1.82) is 0 Å². The number of hydrogen-bond acceptors (Lipinski definition) is 2. The summed E-state index contributed by atoms with van der Waals surface area (Å²) in [5.74, 6) is -0.167. The van der Waals surface area contributed by atoms with Gasteiger partial charge in [-0.25, -0.2) is 0 Å². The molecule has 0 aromatic carbocycles. The standard InChI is InChI=1S/C12H24O3S/c1-2-3-4-5-6-7-8-9-10-11-12-16(13,14)15/h9-10H,2-8,11-12H2,1H3,(H,13,14,15). The first-order valence-electron chi connectivity index (χ1n) is 6.16. The van der Waals surface area contributed by atoms with Crippen molar-refractivity contribution in [2.45, 2.75) is 58.3 Å². The second-order valence-electron chi connectivity index (χ2n) is 4.10. The van der Waals surface area contributed by atoms with Gasteiger partial charge in [0.25, 0.3) is 10.1 Å². The van der Waals surface area contributed by atoms with Crippen LogP contribution in [0.15, 0.2) is 12.2 Å². The first-order chi connectivity index (χ1) is 7.56. The van der Waals surface area contributed by atoms with Gasteiger partial charge in [-0.3, -0.25) is 4.55 Å². The molecule has 0 atom stereocenters. The smallest absolute Gasteiger partial charge is 0.265 e. The van der Waals surface area contributed by atoms with Crippen molar-refractivity contribution in [2.75, 3.05) is 5.75 Å². The van der Waals surface area contributed by atoms with Crippen molar-refractivity contribution in [1.82, 2.24) is 0 Å². The Labute approximate surface area is 99.7 Å². The van der Waals surface area contributed by atoms with E-state index in [-0.39, 0.29) is 5.75 Å². The fraction of sp³-hybridized carbons (Fsp3) is 0.833. The average Bonchev–Trinajstić information content (AvgIpc) is 2.19. The summed E-state index contributed by atoms with van der Waals surface area (Å²) in [4.78, 5) is 0. The molecule has 16 heavy (non-hydrogen) atoms. The highest BCUT2D eigenvalue weighted by molar-refractivity contribution is 7.85. The van der Waals surface area contributed by atoms with Gasteiger partial charge in [0.05, 0.1) is 5.75 Å². The highest BCUT2D eigenvalue weighted by atomic mass is 32.2. The normalized spacial score (nSPS) is 12.4. The summed E-state index contributed by atoms with van der Waals surface area (Å²) in [6.45, 7) is 2.21. The zero-order chi connectivity index (χ0) is 12.3. The molecule has 3 nitrogen and oxygen atoms in total. The lowest BCUT2D eigenvalue weighted by molar-refractivity contribution is 0.483. The van der Waals surface area contributed by atoms with Gasteiger partial charge in [0.15, 0.2) is 0 Å². The number of unbranched alkanes of at least 4 members (excludes halogenated alkanes) is 6. The summed E-state index contributed by atoms with van der Waals surface area (Å²) in [5.41, 5.74) is 0. The van der Waals surface area contributed by atoms with Gasteiger partial charge in [0, 0.05) is 0 Å². The molecule has 0 aromatic rings. The molecule has 1 N–H and O–H groups in total. The summed E-state index contributed by atoms with van der Waals surface area (Å²) in [6, 6.07) is 0. The van der Waals surface area contributed by atoms with Crippen molar-refractivity contribution in [3.63, 3.8) is 0 Å². The fourth-order valence-corrected chi connectivity index (χ4v) is 1.93. The van der Waals surface area contributed by atoms with Crippen LogP contribution in [-0.4, -0.2) is 18.7 Å². The van der Waals surface area contributed by atoms with Crippen LogP contribution in [0.1, 0.15) is 58.3 Å². The zero-order valence-electron chi connectivity index (χ0n) is 10.2. The molecule has 0 spiro atoms. The molecule has 0 aliphatic carbocycles. The lowest BCUT2D eigenvalue weighted by atomic mass is 10.1. The van der Waals surface area contributed by atoms with E-state index in [2.05, 4.69) is 6.92 Å². The predicted molar refractivity (Wildman–Crippen MR) is 68.2 cm³/mol. The summed E-state index contributed by atoms with van der Waals surface area (Å²) >= 11 is 0. The van der Waals surface area contributed by atoms with E-state index < -0.39 is 10.1 Å². The maximum Gasteiger partial charge on any atom is 0.265 e. The number of hydrogen-bond donors (Lipinski definition) is 1. The van der Waals surface area contributed by atoms with Gasteiger partial charge >= 0.3 is 0 Å². The Bertz CT molecular complexity index is 268. The van der Waals surface area contributed by atoms with Crippen molar-refractivity contribution >= 4 is 10.1 Å². The largest absolute Gasteiger partial charge is 0.286 e. The second kappa shape index (κ2) is 9.85. The molecule has 0 saturated heterocycles. The maximum absolute atomic E-state index is 10.4. The quantitative estimate of drug-likeness (QED) is 0.365. The Morgan fingerprint density at radius 1 is 0.938 bits per heavy atom. The minimum absolute atomic E-state index is 0.167. The minimum Gasteiger partial charge on any atom is -0.286 e. The lowest BCUT2D eigenvalue weighted by Gasteiger charge is -1.97. The first kappa shape index (κ1) is 15.7. The number of allylic oxidation sites excluding steroid dienone is 2. The van der Waals surface area contributed by atoms with Crippen LogP contribution in [0.3, 0.4) is 0 Å². The Morgan fingerprint density at radius 2 is 1.50 bits per heavy atom. The molecule has 0 amide bonds. The maximum atomic E-state index is 10.4. The Kier molecular flexibility index (Phi) is 9.63. The molecular weight excluding hydrogens is 224 g/mol.